The Bertz CT molecular complexity index is 580. The van der Waals surface area contributed by atoms with Gasteiger partial charge in [0.15, 0.2) is 0 Å². The van der Waals surface area contributed by atoms with Crippen LogP contribution in [0, 0.1) is 18.3 Å². The van der Waals surface area contributed by atoms with Gasteiger partial charge in [-0.15, -0.1) is 0 Å². The Morgan fingerprint density at radius 3 is 2.81 bits per heavy atom. The van der Waals surface area contributed by atoms with Gasteiger partial charge >= 0.3 is 0 Å². The lowest BCUT2D eigenvalue weighted by atomic mass is 9.84. The van der Waals surface area contributed by atoms with Gasteiger partial charge in [-0.2, -0.15) is 0 Å². The molecule has 26 heavy (non-hydrogen) atoms. The molecule has 1 fully saturated rings. The average Bonchev–Trinajstić information content (AvgIpc) is 2.58. The standard InChI is InChI=1S/C22H36N2O2/c1-16-7-6-8-18(11-16)19-12-20(15-23-14-19)21(25)24-13-17(2)26-10-9-22(3,4)5/h6-8,11,17,19-20,23H,9-10,12-15H2,1-5H3,(H,24,25). The molecule has 0 aliphatic carbocycles. The van der Waals surface area contributed by atoms with Gasteiger partial charge in [-0.25, -0.2) is 0 Å². The van der Waals surface area contributed by atoms with E-state index in [1.807, 2.05) is 6.92 Å². The molecule has 1 saturated heterocycles. The molecule has 2 rings (SSSR count). The van der Waals surface area contributed by atoms with Crippen molar-refractivity contribution in [1.29, 1.82) is 0 Å². The van der Waals surface area contributed by atoms with Crippen LogP contribution in [-0.2, 0) is 9.53 Å². The summed E-state index contributed by atoms with van der Waals surface area (Å²) in [5.41, 5.74) is 2.88. The number of amides is 1. The summed E-state index contributed by atoms with van der Waals surface area (Å²) in [6.07, 6.45) is 1.97. The highest BCUT2D eigenvalue weighted by atomic mass is 16.5. The van der Waals surface area contributed by atoms with E-state index in [1.165, 1.54) is 11.1 Å². The van der Waals surface area contributed by atoms with Crippen molar-refractivity contribution in [2.75, 3.05) is 26.2 Å². The maximum atomic E-state index is 12.6. The maximum Gasteiger partial charge on any atom is 0.224 e. The second-order valence-electron chi connectivity index (χ2n) is 8.94. The second-order valence-corrected chi connectivity index (χ2v) is 8.94. The molecule has 2 N–H and O–H groups in total. The van der Waals surface area contributed by atoms with E-state index < -0.39 is 0 Å². The van der Waals surface area contributed by atoms with Crippen LogP contribution in [0.3, 0.4) is 0 Å². The first kappa shape index (κ1) is 20.9. The number of nitrogens with one attached hydrogen (secondary N) is 2. The Balaban J connectivity index is 1.76. The molecule has 1 aliphatic heterocycles. The number of piperidine rings is 1. The number of rotatable bonds is 7. The van der Waals surface area contributed by atoms with Crippen LogP contribution in [0.5, 0.6) is 0 Å². The second kappa shape index (κ2) is 9.52. The van der Waals surface area contributed by atoms with Gasteiger partial charge in [0.25, 0.3) is 0 Å². The van der Waals surface area contributed by atoms with Crippen molar-refractivity contribution in [1.82, 2.24) is 10.6 Å². The van der Waals surface area contributed by atoms with Crippen LogP contribution >= 0.6 is 0 Å². The van der Waals surface area contributed by atoms with Crippen molar-refractivity contribution >= 4 is 5.91 Å². The lowest BCUT2D eigenvalue weighted by Gasteiger charge is -2.30. The van der Waals surface area contributed by atoms with Crippen molar-refractivity contribution in [3.63, 3.8) is 0 Å². The van der Waals surface area contributed by atoms with Crippen LogP contribution in [-0.4, -0.2) is 38.3 Å². The van der Waals surface area contributed by atoms with Crippen molar-refractivity contribution in [2.45, 2.75) is 59.5 Å². The van der Waals surface area contributed by atoms with E-state index in [4.69, 9.17) is 4.74 Å². The molecule has 1 aromatic rings. The van der Waals surface area contributed by atoms with Crippen molar-refractivity contribution in [3.05, 3.63) is 35.4 Å². The first-order chi connectivity index (χ1) is 12.2. The molecule has 3 atom stereocenters. The third kappa shape index (κ3) is 7.08. The van der Waals surface area contributed by atoms with Gasteiger partial charge in [0.05, 0.1) is 12.0 Å². The van der Waals surface area contributed by atoms with E-state index >= 15 is 0 Å². The fraction of sp³-hybridized carbons (Fsp3) is 0.682. The molecule has 0 aromatic heterocycles. The van der Waals surface area contributed by atoms with E-state index in [0.717, 1.165) is 32.5 Å². The third-order valence-electron chi connectivity index (χ3n) is 5.05. The summed E-state index contributed by atoms with van der Waals surface area (Å²) in [6.45, 7) is 13.8. The predicted molar refractivity (Wildman–Crippen MR) is 107 cm³/mol. The topological polar surface area (TPSA) is 50.4 Å². The summed E-state index contributed by atoms with van der Waals surface area (Å²) in [5, 5.41) is 6.51. The van der Waals surface area contributed by atoms with Crippen LogP contribution in [0.2, 0.25) is 0 Å². The van der Waals surface area contributed by atoms with Crippen LogP contribution in [0.25, 0.3) is 0 Å². The maximum absolute atomic E-state index is 12.6. The fourth-order valence-electron chi connectivity index (χ4n) is 3.33. The molecule has 1 heterocycles. The summed E-state index contributed by atoms with van der Waals surface area (Å²) in [4.78, 5) is 12.6. The molecule has 4 nitrogen and oxygen atoms in total. The zero-order chi connectivity index (χ0) is 19.2. The summed E-state index contributed by atoms with van der Waals surface area (Å²) in [6, 6.07) is 8.62. The molecule has 3 unspecified atom stereocenters. The van der Waals surface area contributed by atoms with Crippen LogP contribution in [0.15, 0.2) is 24.3 Å². The van der Waals surface area contributed by atoms with Gasteiger partial charge in [0.1, 0.15) is 0 Å². The molecule has 4 heteroatoms. The Hall–Kier alpha value is -1.39. The zero-order valence-electron chi connectivity index (χ0n) is 17.1. The highest BCUT2D eigenvalue weighted by Gasteiger charge is 2.28. The zero-order valence-corrected chi connectivity index (χ0v) is 17.1. The first-order valence-electron chi connectivity index (χ1n) is 9.91. The van der Waals surface area contributed by atoms with Crippen LogP contribution in [0.1, 0.15) is 57.6 Å². The van der Waals surface area contributed by atoms with Crippen molar-refractivity contribution in [3.8, 4) is 0 Å². The smallest absolute Gasteiger partial charge is 0.224 e. The normalized spacial score (nSPS) is 22.0. The summed E-state index contributed by atoms with van der Waals surface area (Å²) < 4.78 is 5.83. The summed E-state index contributed by atoms with van der Waals surface area (Å²) in [5.74, 6) is 0.567. The molecule has 1 aromatic carbocycles. The van der Waals surface area contributed by atoms with Gasteiger partial charge < -0.3 is 15.4 Å². The fourth-order valence-corrected chi connectivity index (χ4v) is 3.33. The van der Waals surface area contributed by atoms with E-state index in [0.29, 0.717) is 12.5 Å². The van der Waals surface area contributed by atoms with Crippen molar-refractivity contribution < 1.29 is 9.53 Å². The Labute approximate surface area is 159 Å². The number of aryl methyl sites for hydroxylation is 1. The number of carbonyl (C=O) groups is 1. The largest absolute Gasteiger partial charge is 0.377 e. The SMILES string of the molecule is Cc1cccc(C2CNCC(C(=O)NCC(C)OCCC(C)(C)C)C2)c1. The van der Waals surface area contributed by atoms with E-state index in [9.17, 15) is 4.79 Å². The molecule has 1 amide bonds. The van der Waals surface area contributed by atoms with E-state index in [2.05, 4.69) is 62.6 Å². The Morgan fingerprint density at radius 2 is 2.12 bits per heavy atom. The molecule has 146 valence electrons. The molecule has 0 radical (unpaired) electrons. The molecule has 0 bridgehead atoms. The monoisotopic (exact) mass is 360 g/mol. The number of ether oxygens (including phenoxy) is 1. The Morgan fingerprint density at radius 1 is 1.35 bits per heavy atom. The minimum absolute atomic E-state index is 0.0241. The highest BCUT2D eigenvalue weighted by molar-refractivity contribution is 5.79. The van der Waals surface area contributed by atoms with Gasteiger partial charge in [0, 0.05) is 26.2 Å². The van der Waals surface area contributed by atoms with Gasteiger partial charge in [0.2, 0.25) is 5.91 Å². The quantitative estimate of drug-likeness (QED) is 0.780. The molecular weight excluding hydrogens is 324 g/mol. The highest BCUT2D eigenvalue weighted by Crippen LogP contribution is 2.27. The van der Waals surface area contributed by atoms with E-state index in [1.54, 1.807) is 0 Å². The number of benzene rings is 1. The van der Waals surface area contributed by atoms with E-state index in [-0.39, 0.29) is 23.3 Å². The third-order valence-corrected chi connectivity index (χ3v) is 5.05. The summed E-state index contributed by atoms with van der Waals surface area (Å²) >= 11 is 0. The van der Waals surface area contributed by atoms with Crippen LogP contribution in [0.4, 0.5) is 0 Å². The lowest BCUT2D eigenvalue weighted by molar-refractivity contribution is -0.126. The van der Waals surface area contributed by atoms with Gasteiger partial charge in [-0.3, -0.25) is 4.79 Å². The summed E-state index contributed by atoms with van der Waals surface area (Å²) in [7, 11) is 0. The molecule has 0 spiro atoms. The number of hydrogen-bond donors (Lipinski definition) is 2. The first-order valence-corrected chi connectivity index (χ1v) is 9.91. The van der Waals surface area contributed by atoms with Crippen LogP contribution < -0.4 is 10.6 Å². The molecular formula is C22H36N2O2. The van der Waals surface area contributed by atoms with Gasteiger partial charge in [-0.05, 0) is 43.6 Å². The molecule has 1 aliphatic rings. The number of hydrogen-bond acceptors (Lipinski definition) is 3. The lowest BCUT2D eigenvalue weighted by Crippen LogP contribution is -2.45. The Kier molecular flexibility index (Phi) is 7.66. The average molecular weight is 361 g/mol. The molecule has 0 saturated carbocycles. The van der Waals surface area contributed by atoms with Gasteiger partial charge in [-0.1, -0.05) is 50.6 Å². The minimum atomic E-state index is 0.0241. The number of carbonyl (C=O) groups excluding carboxylic acids is 1. The minimum Gasteiger partial charge on any atom is -0.377 e. The van der Waals surface area contributed by atoms with Crippen molar-refractivity contribution in [2.24, 2.45) is 11.3 Å². The predicted octanol–water partition coefficient (Wildman–Crippen LogP) is 3.65.